The Balaban J connectivity index is 4.38. The van der Waals surface area contributed by atoms with E-state index in [0.717, 1.165) is 0 Å². The Morgan fingerprint density at radius 1 is 1.00 bits per heavy atom. The molecule has 56 valence electrons. The summed E-state index contributed by atoms with van der Waals surface area (Å²) >= 11 is -8.43. The Bertz CT molecular complexity index is 139. The van der Waals surface area contributed by atoms with Crippen molar-refractivity contribution in [3.8, 4) is 0 Å². The third-order valence-electron chi connectivity index (χ3n) is 0.374. The van der Waals surface area contributed by atoms with Crippen molar-refractivity contribution in [1.29, 1.82) is 0 Å². The summed E-state index contributed by atoms with van der Waals surface area (Å²) in [6, 6.07) is 0. The molecule has 0 bridgehead atoms. The second kappa shape index (κ2) is 2.74. The number of alkyl halides is 2. The van der Waals surface area contributed by atoms with E-state index >= 15 is 0 Å². The molecule has 0 spiro atoms. The number of halogens is 4. The third-order valence-corrected chi connectivity index (χ3v) is 1.91. The molecule has 2 nitrogen and oxygen atoms in total. The van der Waals surface area contributed by atoms with Crippen molar-refractivity contribution in [2.45, 2.75) is 4.59 Å². The highest BCUT2D eigenvalue weighted by atomic mass is 32.3. The van der Waals surface area contributed by atoms with Crippen molar-refractivity contribution < 1.29 is 25.0 Å². The molecule has 0 radical (unpaired) electrons. The molecule has 2 unspecified atom stereocenters. The lowest BCUT2D eigenvalue weighted by atomic mass is 11.6. The van der Waals surface area contributed by atoms with Crippen LogP contribution in [-0.4, -0.2) is 13.0 Å². The SMILES string of the molecule is O=S(F)C(F)(F)S(=O)F. The number of hydrogen-bond donors (Lipinski definition) is 0. The molecule has 0 aromatic heterocycles. The van der Waals surface area contributed by atoms with E-state index in [9.17, 15) is 16.6 Å². The van der Waals surface area contributed by atoms with Gasteiger partial charge in [0, 0.05) is 0 Å². The molecule has 0 saturated heterocycles. The van der Waals surface area contributed by atoms with Gasteiger partial charge in [0.1, 0.15) is 0 Å². The zero-order chi connectivity index (χ0) is 7.65. The Morgan fingerprint density at radius 2 is 1.22 bits per heavy atom. The molecule has 0 rings (SSSR count). The lowest BCUT2D eigenvalue weighted by Crippen LogP contribution is -2.22. The molecule has 0 amide bonds. The van der Waals surface area contributed by atoms with E-state index in [1.54, 1.807) is 0 Å². The van der Waals surface area contributed by atoms with Crippen LogP contribution < -0.4 is 0 Å². The molecule has 0 saturated carbocycles. The minimum atomic E-state index is -4.89. The molecule has 0 aromatic rings. The maximum absolute atomic E-state index is 11.3. The van der Waals surface area contributed by atoms with Gasteiger partial charge in [0.05, 0.1) is 0 Å². The molecular formula is CF4O2S2. The van der Waals surface area contributed by atoms with Gasteiger partial charge in [-0.2, -0.15) is 8.78 Å². The van der Waals surface area contributed by atoms with Gasteiger partial charge < -0.3 is 0 Å². The molecule has 8 heteroatoms. The highest BCUT2D eigenvalue weighted by molar-refractivity contribution is 7.98. The Kier molecular flexibility index (Phi) is 2.74. The molecule has 0 aliphatic heterocycles. The molecule has 0 heterocycles. The van der Waals surface area contributed by atoms with Crippen LogP contribution in [0.4, 0.5) is 16.6 Å². The van der Waals surface area contributed by atoms with Crippen LogP contribution in [0.25, 0.3) is 0 Å². The highest BCUT2D eigenvalue weighted by Crippen LogP contribution is 2.24. The Morgan fingerprint density at radius 3 is 1.22 bits per heavy atom. The van der Waals surface area contributed by atoms with Gasteiger partial charge in [0.2, 0.25) is 0 Å². The van der Waals surface area contributed by atoms with E-state index in [1.807, 2.05) is 0 Å². The molecule has 2 atom stereocenters. The van der Waals surface area contributed by atoms with E-state index < -0.39 is 27.0 Å². The van der Waals surface area contributed by atoms with Gasteiger partial charge in [-0.05, 0) is 0 Å². The zero-order valence-corrected chi connectivity index (χ0v) is 5.28. The summed E-state index contributed by atoms with van der Waals surface area (Å²) in [4.78, 5) is 0. The molecule has 0 fully saturated rings. The quantitative estimate of drug-likeness (QED) is 0.470. The predicted molar refractivity (Wildman–Crippen MR) is 23.4 cm³/mol. The van der Waals surface area contributed by atoms with Crippen molar-refractivity contribution in [1.82, 2.24) is 0 Å². The average Bonchev–Trinajstić information content (AvgIpc) is 1.65. The second-order valence-electron chi connectivity index (χ2n) is 0.910. The predicted octanol–water partition coefficient (Wildman–Crippen LogP) is 0.803. The highest BCUT2D eigenvalue weighted by Gasteiger charge is 2.46. The van der Waals surface area contributed by atoms with Crippen molar-refractivity contribution in [2.75, 3.05) is 0 Å². The van der Waals surface area contributed by atoms with Gasteiger partial charge in [0.15, 0.2) is 0 Å². The van der Waals surface area contributed by atoms with E-state index in [-0.39, 0.29) is 0 Å². The van der Waals surface area contributed by atoms with Gasteiger partial charge in [0.25, 0.3) is 22.4 Å². The molecule has 0 N–H and O–H groups in total. The lowest BCUT2D eigenvalue weighted by Gasteiger charge is -2.00. The van der Waals surface area contributed by atoms with Crippen LogP contribution in [0.3, 0.4) is 0 Å². The third kappa shape index (κ3) is 2.01. The van der Waals surface area contributed by atoms with E-state index in [4.69, 9.17) is 8.42 Å². The number of hydrogen-bond acceptors (Lipinski definition) is 2. The van der Waals surface area contributed by atoms with Crippen molar-refractivity contribution >= 4 is 22.4 Å². The summed E-state index contributed by atoms with van der Waals surface area (Å²) in [6.07, 6.45) is 0. The normalized spacial score (nSPS) is 19.1. The molecule has 0 aliphatic carbocycles. The molecule has 0 aliphatic rings. The first-order valence-corrected chi connectivity index (χ1v) is 3.53. The van der Waals surface area contributed by atoms with Gasteiger partial charge in [-0.3, -0.25) is 0 Å². The van der Waals surface area contributed by atoms with Crippen molar-refractivity contribution in [3.05, 3.63) is 0 Å². The van der Waals surface area contributed by atoms with Crippen LogP contribution in [-0.2, 0) is 22.4 Å². The van der Waals surface area contributed by atoms with Crippen LogP contribution in [0.1, 0.15) is 0 Å². The molecule has 0 aromatic carbocycles. The molecule has 9 heavy (non-hydrogen) atoms. The summed E-state index contributed by atoms with van der Waals surface area (Å²) in [7, 11) is 0. The fourth-order valence-corrected chi connectivity index (χ4v) is 0.464. The van der Waals surface area contributed by atoms with Crippen LogP contribution in [0.5, 0.6) is 0 Å². The summed E-state index contributed by atoms with van der Waals surface area (Å²) in [5.74, 6) is 0. The maximum atomic E-state index is 11.3. The van der Waals surface area contributed by atoms with Crippen LogP contribution in [0.2, 0.25) is 0 Å². The Hall–Kier alpha value is 0.0200. The first-order valence-electron chi connectivity index (χ1n) is 1.43. The summed E-state index contributed by atoms with van der Waals surface area (Å²) in [6.45, 7) is 0. The van der Waals surface area contributed by atoms with Crippen molar-refractivity contribution in [3.63, 3.8) is 0 Å². The van der Waals surface area contributed by atoms with Gasteiger partial charge >= 0.3 is 4.59 Å². The topological polar surface area (TPSA) is 34.1 Å². The fourth-order valence-electron chi connectivity index (χ4n) is 0.0515. The average molecular weight is 184 g/mol. The van der Waals surface area contributed by atoms with Gasteiger partial charge in [-0.1, -0.05) is 0 Å². The zero-order valence-electron chi connectivity index (χ0n) is 3.64. The van der Waals surface area contributed by atoms with Gasteiger partial charge in [-0.25, -0.2) is 8.42 Å². The first kappa shape index (κ1) is 9.02. The monoisotopic (exact) mass is 184 g/mol. The largest absolute Gasteiger partial charge is 0.453 e. The summed E-state index contributed by atoms with van der Waals surface area (Å²) in [5.41, 5.74) is 0. The maximum Gasteiger partial charge on any atom is 0.453 e. The fraction of sp³-hybridized carbons (Fsp3) is 1.00. The lowest BCUT2D eigenvalue weighted by molar-refractivity contribution is 0.185. The van der Waals surface area contributed by atoms with E-state index in [1.165, 1.54) is 0 Å². The summed E-state index contributed by atoms with van der Waals surface area (Å²) < 4.78 is 58.1. The smallest absolute Gasteiger partial charge is 0.217 e. The van der Waals surface area contributed by atoms with Crippen molar-refractivity contribution in [2.24, 2.45) is 0 Å². The van der Waals surface area contributed by atoms with E-state index in [2.05, 4.69) is 0 Å². The first-order chi connectivity index (χ1) is 3.89. The minimum Gasteiger partial charge on any atom is -0.217 e. The van der Waals surface area contributed by atoms with E-state index in [0.29, 0.717) is 0 Å². The second-order valence-corrected chi connectivity index (χ2v) is 3.09. The molecular weight excluding hydrogens is 184 g/mol. The Labute approximate surface area is 52.7 Å². The minimum absolute atomic E-state index is 4.21. The standard InChI is InChI=1S/CF4O2S2/c2-1(3,8(4)6)9(5)7. The van der Waals surface area contributed by atoms with Gasteiger partial charge in [-0.15, -0.1) is 7.77 Å². The summed E-state index contributed by atoms with van der Waals surface area (Å²) in [5, 5.41) is 0. The van der Waals surface area contributed by atoms with Crippen LogP contribution in [0, 0.1) is 0 Å². The number of rotatable bonds is 2. The van der Waals surface area contributed by atoms with Crippen LogP contribution >= 0.6 is 0 Å². The van der Waals surface area contributed by atoms with Crippen LogP contribution in [0.15, 0.2) is 0 Å².